The second-order valence-corrected chi connectivity index (χ2v) is 5.37. The van der Waals surface area contributed by atoms with Gasteiger partial charge in [0.1, 0.15) is 11.4 Å². The molecule has 0 fully saturated rings. The Balaban J connectivity index is 2.13. The average Bonchev–Trinajstić information content (AvgIpc) is 2.60. The molecule has 1 aromatic carbocycles. The first kappa shape index (κ1) is 17.5. The van der Waals surface area contributed by atoms with Crippen molar-refractivity contribution < 1.29 is 14.3 Å². The average molecular weight is 327 g/mol. The Morgan fingerprint density at radius 1 is 1.21 bits per heavy atom. The van der Waals surface area contributed by atoms with Gasteiger partial charge in [-0.2, -0.15) is 0 Å². The molecule has 0 aliphatic rings. The fraction of sp³-hybridized carbons (Fsp3) is 0.278. The van der Waals surface area contributed by atoms with Gasteiger partial charge in [0.25, 0.3) is 5.91 Å². The molecule has 0 saturated heterocycles. The van der Waals surface area contributed by atoms with Crippen LogP contribution in [-0.2, 0) is 11.3 Å². The van der Waals surface area contributed by atoms with E-state index in [1.807, 2.05) is 18.2 Å². The Morgan fingerprint density at radius 2 is 2.00 bits per heavy atom. The Hall–Kier alpha value is -2.89. The number of hydrogen-bond acceptors (Lipinski definition) is 5. The van der Waals surface area contributed by atoms with Crippen molar-refractivity contribution in [3.05, 3.63) is 59.3 Å². The largest absolute Gasteiger partial charge is 0.462 e. The molecule has 0 atom stereocenters. The summed E-state index contributed by atoms with van der Waals surface area (Å²) in [5.74, 6) is -0.00757. The van der Waals surface area contributed by atoms with Crippen molar-refractivity contribution in [1.29, 1.82) is 0 Å². The molecule has 1 heterocycles. The third-order valence-corrected chi connectivity index (χ3v) is 3.34. The van der Waals surface area contributed by atoms with Gasteiger partial charge in [0.05, 0.1) is 6.61 Å². The zero-order valence-electron chi connectivity index (χ0n) is 14.1. The number of carbonyl (C=O) groups is 2. The lowest BCUT2D eigenvalue weighted by molar-refractivity contribution is 0.0527. The lowest BCUT2D eigenvalue weighted by atomic mass is 10.1. The van der Waals surface area contributed by atoms with E-state index in [1.54, 1.807) is 45.4 Å². The SMILES string of the molecule is CCOC(=O)c1cccnc1NCc1cccc(C(=O)N(C)C)c1. The molecule has 2 aromatic rings. The van der Waals surface area contributed by atoms with Gasteiger partial charge in [-0.1, -0.05) is 12.1 Å². The summed E-state index contributed by atoms with van der Waals surface area (Å²) in [5, 5.41) is 3.13. The zero-order chi connectivity index (χ0) is 17.5. The summed E-state index contributed by atoms with van der Waals surface area (Å²) in [5.41, 5.74) is 1.92. The van der Waals surface area contributed by atoms with E-state index < -0.39 is 5.97 Å². The van der Waals surface area contributed by atoms with Gasteiger partial charge in [0.15, 0.2) is 0 Å². The highest BCUT2D eigenvalue weighted by Gasteiger charge is 2.13. The van der Waals surface area contributed by atoms with Crippen LogP contribution in [0.1, 0.15) is 33.2 Å². The highest BCUT2D eigenvalue weighted by Crippen LogP contribution is 2.15. The molecule has 0 radical (unpaired) electrons. The van der Waals surface area contributed by atoms with E-state index in [4.69, 9.17) is 4.74 Å². The molecule has 2 rings (SSSR count). The number of rotatable bonds is 6. The maximum Gasteiger partial charge on any atom is 0.341 e. The van der Waals surface area contributed by atoms with Crippen LogP contribution in [0, 0.1) is 0 Å². The predicted molar refractivity (Wildman–Crippen MR) is 92.0 cm³/mol. The standard InChI is InChI=1S/C18H21N3O3/c1-4-24-18(23)15-9-6-10-19-16(15)20-12-13-7-5-8-14(11-13)17(22)21(2)3/h5-11H,4,12H2,1-3H3,(H,19,20). The van der Waals surface area contributed by atoms with Crippen molar-refractivity contribution in [2.45, 2.75) is 13.5 Å². The highest BCUT2D eigenvalue weighted by molar-refractivity contribution is 5.95. The second kappa shape index (κ2) is 8.10. The summed E-state index contributed by atoms with van der Waals surface area (Å²) < 4.78 is 5.03. The molecule has 0 aliphatic carbocycles. The lowest BCUT2D eigenvalue weighted by Crippen LogP contribution is -2.21. The molecule has 0 bridgehead atoms. The quantitative estimate of drug-likeness (QED) is 0.826. The van der Waals surface area contributed by atoms with E-state index in [2.05, 4.69) is 10.3 Å². The molecular weight excluding hydrogens is 306 g/mol. The van der Waals surface area contributed by atoms with E-state index in [9.17, 15) is 9.59 Å². The van der Waals surface area contributed by atoms with Gasteiger partial charge in [0.2, 0.25) is 0 Å². The number of amides is 1. The van der Waals surface area contributed by atoms with Gasteiger partial charge in [-0.3, -0.25) is 4.79 Å². The second-order valence-electron chi connectivity index (χ2n) is 5.37. The van der Waals surface area contributed by atoms with Crippen molar-refractivity contribution in [2.75, 3.05) is 26.0 Å². The summed E-state index contributed by atoms with van der Waals surface area (Å²) in [6, 6.07) is 10.7. The highest BCUT2D eigenvalue weighted by atomic mass is 16.5. The Bertz CT molecular complexity index is 729. The van der Waals surface area contributed by atoms with Crippen molar-refractivity contribution in [3.8, 4) is 0 Å². The van der Waals surface area contributed by atoms with Crippen LogP contribution >= 0.6 is 0 Å². The number of anilines is 1. The third-order valence-electron chi connectivity index (χ3n) is 3.34. The minimum absolute atomic E-state index is 0.0538. The fourth-order valence-corrected chi connectivity index (χ4v) is 2.18. The molecule has 0 unspecified atom stereocenters. The van der Waals surface area contributed by atoms with Gasteiger partial charge < -0.3 is 15.0 Å². The topological polar surface area (TPSA) is 71.5 Å². The van der Waals surface area contributed by atoms with Gasteiger partial charge >= 0.3 is 5.97 Å². The summed E-state index contributed by atoms with van der Waals surface area (Å²) >= 11 is 0. The van der Waals surface area contributed by atoms with Crippen LogP contribution < -0.4 is 5.32 Å². The van der Waals surface area contributed by atoms with E-state index >= 15 is 0 Å². The Morgan fingerprint density at radius 3 is 2.71 bits per heavy atom. The minimum atomic E-state index is -0.412. The van der Waals surface area contributed by atoms with E-state index in [0.29, 0.717) is 30.1 Å². The van der Waals surface area contributed by atoms with Crippen molar-refractivity contribution >= 4 is 17.7 Å². The summed E-state index contributed by atoms with van der Waals surface area (Å²) in [6.07, 6.45) is 1.61. The van der Waals surface area contributed by atoms with Crippen LogP contribution in [0.15, 0.2) is 42.6 Å². The monoisotopic (exact) mass is 327 g/mol. The Labute approximate surface area is 141 Å². The van der Waals surface area contributed by atoms with Crippen molar-refractivity contribution in [2.24, 2.45) is 0 Å². The molecule has 0 aliphatic heterocycles. The maximum absolute atomic E-state index is 12.0. The molecule has 6 heteroatoms. The fourth-order valence-electron chi connectivity index (χ4n) is 2.18. The van der Waals surface area contributed by atoms with Crippen LogP contribution in [0.5, 0.6) is 0 Å². The summed E-state index contributed by atoms with van der Waals surface area (Å²) in [7, 11) is 3.43. The van der Waals surface area contributed by atoms with Crippen molar-refractivity contribution in [1.82, 2.24) is 9.88 Å². The number of nitrogens with zero attached hydrogens (tertiary/aromatic N) is 2. The first-order valence-corrected chi connectivity index (χ1v) is 7.69. The van der Waals surface area contributed by atoms with Gasteiger partial charge in [0, 0.05) is 32.4 Å². The third kappa shape index (κ3) is 4.32. The first-order chi connectivity index (χ1) is 11.5. The molecule has 1 N–H and O–H groups in total. The van der Waals surface area contributed by atoms with E-state index in [0.717, 1.165) is 5.56 Å². The number of nitrogens with one attached hydrogen (secondary N) is 1. The molecule has 126 valence electrons. The van der Waals surface area contributed by atoms with Crippen LogP contribution in [-0.4, -0.2) is 42.5 Å². The molecule has 6 nitrogen and oxygen atoms in total. The van der Waals surface area contributed by atoms with Crippen molar-refractivity contribution in [3.63, 3.8) is 0 Å². The van der Waals surface area contributed by atoms with Crippen LogP contribution in [0.25, 0.3) is 0 Å². The molecule has 0 spiro atoms. The van der Waals surface area contributed by atoms with Gasteiger partial charge in [-0.05, 0) is 36.8 Å². The molecule has 1 amide bonds. The molecule has 0 saturated carbocycles. The van der Waals surface area contributed by atoms with E-state index in [1.165, 1.54) is 4.90 Å². The number of benzene rings is 1. The number of carbonyl (C=O) groups excluding carboxylic acids is 2. The summed E-state index contributed by atoms with van der Waals surface area (Å²) in [6.45, 7) is 2.51. The molecular formula is C18H21N3O3. The number of ether oxygens (including phenoxy) is 1. The first-order valence-electron chi connectivity index (χ1n) is 7.69. The lowest BCUT2D eigenvalue weighted by Gasteiger charge is -2.13. The van der Waals surface area contributed by atoms with Crippen LogP contribution in [0.2, 0.25) is 0 Å². The molecule has 24 heavy (non-hydrogen) atoms. The van der Waals surface area contributed by atoms with Crippen LogP contribution in [0.3, 0.4) is 0 Å². The predicted octanol–water partition coefficient (Wildman–Crippen LogP) is 2.57. The van der Waals surface area contributed by atoms with Gasteiger partial charge in [-0.15, -0.1) is 0 Å². The van der Waals surface area contributed by atoms with Gasteiger partial charge in [-0.25, -0.2) is 9.78 Å². The Kier molecular flexibility index (Phi) is 5.89. The summed E-state index contributed by atoms with van der Waals surface area (Å²) in [4.78, 5) is 29.7. The normalized spacial score (nSPS) is 10.1. The maximum atomic E-state index is 12.0. The smallest absolute Gasteiger partial charge is 0.341 e. The van der Waals surface area contributed by atoms with Crippen LogP contribution in [0.4, 0.5) is 5.82 Å². The minimum Gasteiger partial charge on any atom is -0.462 e. The number of hydrogen-bond donors (Lipinski definition) is 1. The number of esters is 1. The molecule has 1 aromatic heterocycles. The number of pyridine rings is 1. The number of aromatic nitrogens is 1. The zero-order valence-corrected chi connectivity index (χ0v) is 14.1. The van der Waals surface area contributed by atoms with E-state index in [-0.39, 0.29) is 5.91 Å².